The molecule has 300 valence electrons. The molecular formula is C40H59N3O10S. The minimum absolute atomic E-state index is 0.0615. The number of nitrogens with one attached hydrogen (secondary N) is 1. The molecule has 13 nitrogen and oxygen atoms in total. The highest BCUT2D eigenvalue weighted by atomic mass is 32.2. The van der Waals surface area contributed by atoms with Crippen molar-refractivity contribution in [2.75, 3.05) is 19.8 Å². The number of aliphatic hydroxyl groups is 2. The second-order valence-electron chi connectivity index (χ2n) is 17.1. The first-order chi connectivity index (χ1) is 25.8. The Balaban J connectivity index is 0.848. The van der Waals surface area contributed by atoms with E-state index in [1.165, 1.54) is 18.6 Å². The van der Waals surface area contributed by atoms with E-state index < -0.39 is 26.7 Å². The van der Waals surface area contributed by atoms with Crippen LogP contribution in [0.15, 0.2) is 44.9 Å². The first-order valence-corrected chi connectivity index (χ1v) is 21.5. The van der Waals surface area contributed by atoms with Gasteiger partial charge in [-0.1, -0.05) is 39.0 Å². The molecule has 10 atom stereocenters. The highest BCUT2D eigenvalue weighted by Crippen LogP contribution is 2.68. The average Bonchev–Trinajstić information content (AvgIpc) is 3.70. The number of carbonyl (C=O) groups is 2. The van der Waals surface area contributed by atoms with Crippen LogP contribution < -0.4 is 15.0 Å². The van der Waals surface area contributed by atoms with Gasteiger partial charge in [-0.3, -0.25) is 14.2 Å². The Kier molecular flexibility index (Phi) is 12.6. The molecule has 1 unspecified atom stereocenters. The van der Waals surface area contributed by atoms with E-state index in [2.05, 4.69) is 35.9 Å². The van der Waals surface area contributed by atoms with Crippen LogP contribution in [0.2, 0.25) is 0 Å². The number of unbranched alkanes of at least 4 members (excludes halogenated alkanes) is 2. The second-order valence-corrected chi connectivity index (χ2v) is 18.9. The SMILES string of the molecule is C[C@H](CCC(=O)NCCC(=O)OCCCCCOc1no[n+]([O-])c1S(=O)(=O)c1ccccc1)[C@H]1CC[C@H]2C3[C@@H](O)C[C@@H]4C[C@H](O)CC[C@]4(C)[C@H]3CC[C@]12C. The fraction of sp³-hybridized carbons (Fsp3) is 0.750. The van der Waals surface area contributed by atoms with Crippen molar-refractivity contribution in [3.63, 3.8) is 0 Å². The van der Waals surface area contributed by atoms with Crippen molar-refractivity contribution in [2.45, 2.75) is 133 Å². The Bertz CT molecular complexity index is 1700. The number of amides is 1. The lowest BCUT2D eigenvalue weighted by molar-refractivity contribution is -0.832. The summed E-state index contributed by atoms with van der Waals surface area (Å²) in [6, 6.07) is 7.46. The fourth-order valence-corrected chi connectivity index (χ4v) is 12.5. The first-order valence-electron chi connectivity index (χ1n) is 20.1. The number of aliphatic hydroxyl groups excluding tert-OH is 2. The van der Waals surface area contributed by atoms with Gasteiger partial charge in [-0.2, -0.15) is 0 Å². The molecule has 54 heavy (non-hydrogen) atoms. The van der Waals surface area contributed by atoms with Gasteiger partial charge >= 0.3 is 16.9 Å². The van der Waals surface area contributed by atoms with Crippen LogP contribution >= 0.6 is 0 Å². The molecule has 4 fully saturated rings. The van der Waals surface area contributed by atoms with Crippen molar-refractivity contribution in [2.24, 2.45) is 46.3 Å². The molecule has 4 saturated carbocycles. The molecule has 4 aliphatic carbocycles. The highest BCUT2D eigenvalue weighted by Gasteiger charge is 2.62. The van der Waals surface area contributed by atoms with Gasteiger partial charge in [0, 0.05) is 13.0 Å². The summed E-state index contributed by atoms with van der Waals surface area (Å²) < 4.78 is 40.9. The van der Waals surface area contributed by atoms with E-state index in [0.29, 0.717) is 61.2 Å². The van der Waals surface area contributed by atoms with Crippen LogP contribution in [0.3, 0.4) is 0 Å². The molecular weight excluding hydrogens is 715 g/mol. The molecule has 4 aliphatic rings. The molecule has 1 aromatic heterocycles. The van der Waals surface area contributed by atoms with Crippen LogP contribution in [0.1, 0.15) is 111 Å². The van der Waals surface area contributed by atoms with Gasteiger partial charge in [0.05, 0.1) is 41.9 Å². The van der Waals surface area contributed by atoms with Crippen LogP contribution in [0.5, 0.6) is 5.88 Å². The zero-order chi connectivity index (χ0) is 38.7. The van der Waals surface area contributed by atoms with E-state index in [0.717, 1.165) is 51.4 Å². The predicted molar refractivity (Wildman–Crippen MR) is 196 cm³/mol. The largest absolute Gasteiger partial charge is 0.466 e. The minimum atomic E-state index is -4.19. The van der Waals surface area contributed by atoms with E-state index in [4.69, 9.17) is 9.47 Å². The van der Waals surface area contributed by atoms with E-state index in [-0.39, 0.29) is 64.9 Å². The molecule has 0 radical (unpaired) electrons. The molecule has 0 saturated heterocycles. The number of fused-ring (bicyclic) bond motifs is 5. The van der Waals surface area contributed by atoms with Gasteiger partial charge in [0.1, 0.15) is 0 Å². The Morgan fingerprint density at radius 3 is 2.50 bits per heavy atom. The molecule has 0 spiro atoms. The van der Waals surface area contributed by atoms with Crippen LogP contribution in [0.25, 0.3) is 0 Å². The molecule has 14 heteroatoms. The third-order valence-electron chi connectivity index (χ3n) is 14.0. The maximum Gasteiger partial charge on any atom is 0.414 e. The lowest BCUT2D eigenvalue weighted by Gasteiger charge is -2.62. The first kappa shape index (κ1) is 40.4. The topological polar surface area (TPSA) is 192 Å². The summed E-state index contributed by atoms with van der Waals surface area (Å²) >= 11 is 0. The monoisotopic (exact) mass is 773 g/mol. The average molecular weight is 774 g/mol. The number of esters is 1. The number of nitrogens with zero attached hydrogens (tertiary/aromatic N) is 2. The van der Waals surface area contributed by atoms with Gasteiger partial charge in [0.2, 0.25) is 5.91 Å². The number of hydrogen-bond donors (Lipinski definition) is 3. The molecule has 1 aromatic carbocycles. The summed E-state index contributed by atoms with van der Waals surface area (Å²) in [6.07, 6.45) is 10.6. The Hall–Kier alpha value is -3.23. The molecule has 1 heterocycles. The van der Waals surface area contributed by atoms with Crippen molar-refractivity contribution in [3.8, 4) is 5.88 Å². The van der Waals surface area contributed by atoms with Gasteiger partial charge < -0.3 is 30.2 Å². The lowest BCUT2D eigenvalue weighted by atomic mass is 9.43. The van der Waals surface area contributed by atoms with Crippen LogP contribution in [0, 0.1) is 51.5 Å². The third-order valence-corrected chi connectivity index (χ3v) is 15.8. The van der Waals surface area contributed by atoms with Crippen molar-refractivity contribution >= 4 is 21.7 Å². The number of ether oxygens (including phenoxy) is 2. The van der Waals surface area contributed by atoms with E-state index in [9.17, 15) is 33.4 Å². The highest BCUT2D eigenvalue weighted by molar-refractivity contribution is 7.91. The number of sulfone groups is 1. The Morgan fingerprint density at radius 2 is 1.72 bits per heavy atom. The maximum atomic E-state index is 12.9. The number of carbonyl (C=O) groups excluding carboxylic acids is 2. The fourth-order valence-electron chi connectivity index (χ4n) is 11.2. The van der Waals surface area contributed by atoms with E-state index in [1.54, 1.807) is 18.2 Å². The summed E-state index contributed by atoms with van der Waals surface area (Å²) in [5, 5.41) is 39.5. The smallest absolute Gasteiger partial charge is 0.414 e. The molecule has 6 rings (SSSR count). The molecule has 2 aromatic rings. The van der Waals surface area contributed by atoms with Crippen LogP contribution in [-0.4, -0.2) is 67.6 Å². The molecule has 3 N–H and O–H groups in total. The summed E-state index contributed by atoms with van der Waals surface area (Å²) in [7, 11) is -4.19. The predicted octanol–water partition coefficient (Wildman–Crippen LogP) is 5.15. The Labute approximate surface area is 319 Å². The van der Waals surface area contributed by atoms with Crippen molar-refractivity contribution in [3.05, 3.63) is 35.5 Å². The number of aromatic nitrogens is 2. The number of hydrogen-bond acceptors (Lipinski definition) is 11. The van der Waals surface area contributed by atoms with Crippen molar-refractivity contribution in [1.82, 2.24) is 10.5 Å². The lowest BCUT2D eigenvalue weighted by Crippen LogP contribution is -2.58. The third kappa shape index (κ3) is 8.30. The number of benzene rings is 1. The number of rotatable bonds is 16. The summed E-state index contributed by atoms with van der Waals surface area (Å²) in [4.78, 5) is 24.7. The van der Waals surface area contributed by atoms with Gasteiger partial charge in [-0.15, -0.1) is 0 Å². The van der Waals surface area contributed by atoms with Crippen molar-refractivity contribution < 1.29 is 47.2 Å². The zero-order valence-electron chi connectivity index (χ0n) is 32.0. The summed E-state index contributed by atoms with van der Waals surface area (Å²) in [6.45, 7) is 7.67. The van der Waals surface area contributed by atoms with E-state index in [1.807, 2.05) is 0 Å². The Morgan fingerprint density at radius 1 is 1.00 bits per heavy atom. The quantitative estimate of drug-likeness (QED) is 0.116. The summed E-state index contributed by atoms with van der Waals surface area (Å²) in [5.41, 5.74) is 0.377. The normalized spacial score (nSPS) is 32.5. The minimum Gasteiger partial charge on any atom is -0.466 e. The van der Waals surface area contributed by atoms with Gasteiger partial charge in [-0.25, -0.2) is 8.42 Å². The van der Waals surface area contributed by atoms with Gasteiger partial charge in [-0.05, 0) is 140 Å². The van der Waals surface area contributed by atoms with Crippen molar-refractivity contribution in [1.29, 1.82) is 0 Å². The van der Waals surface area contributed by atoms with Gasteiger partial charge in [0.25, 0.3) is 9.84 Å². The summed E-state index contributed by atoms with van der Waals surface area (Å²) in [5.74, 6) is 1.80. The van der Waals surface area contributed by atoms with E-state index >= 15 is 0 Å². The van der Waals surface area contributed by atoms with Crippen LogP contribution in [-0.2, 0) is 24.2 Å². The molecule has 0 bridgehead atoms. The standard InChI is InChI=1S/C40H59N3O10S/c1-26(30-13-14-31-36-32(17-20-40(30,31)3)39(2)19-16-28(44)24-27(39)25-33(36)45)12-15-34(46)41-21-18-35(47)51-22-8-5-9-23-52-37-38(43(48)53-42-37)54(49,50)29-10-6-4-7-11-29/h4,6-7,10-11,26-28,30-33,36,44-45H,5,8-9,12-25H2,1-3H3,(H,41,46)/t26-,27+,28-,30-,31+,32+,33+,36?,39+,40-/m1/s1. The van der Waals surface area contributed by atoms with Crippen LogP contribution in [0.4, 0.5) is 0 Å². The molecule has 1 amide bonds. The zero-order valence-corrected chi connectivity index (χ0v) is 32.8. The second kappa shape index (κ2) is 16.9. The van der Waals surface area contributed by atoms with Gasteiger partial charge in [0.15, 0.2) is 0 Å². The molecule has 0 aliphatic heterocycles. The maximum absolute atomic E-state index is 12.9.